The predicted molar refractivity (Wildman–Crippen MR) is 72.5 cm³/mol. The lowest BCUT2D eigenvalue weighted by Crippen LogP contribution is -2.30. The third-order valence-corrected chi connectivity index (χ3v) is 2.97. The first-order chi connectivity index (χ1) is 9.60. The van der Waals surface area contributed by atoms with Crippen LogP contribution in [0.1, 0.15) is 29.9 Å². The van der Waals surface area contributed by atoms with Gasteiger partial charge < -0.3 is 5.32 Å². The number of aryl methyl sites for hydroxylation is 1. The summed E-state index contributed by atoms with van der Waals surface area (Å²) in [5.74, 6) is -0.111. The molecule has 0 aliphatic carbocycles. The number of nitrogens with zero attached hydrogens (tertiary/aromatic N) is 4. The molecule has 2 rings (SSSR count). The highest BCUT2D eigenvalue weighted by Crippen LogP contribution is 2.16. The van der Waals surface area contributed by atoms with Gasteiger partial charge in [0, 0.05) is 0 Å². The largest absolute Gasteiger partial charge is 0.348 e. The summed E-state index contributed by atoms with van der Waals surface area (Å²) >= 11 is 0. The normalized spacial score (nSPS) is 11.7. The van der Waals surface area contributed by atoms with E-state index in [4.69, 9.17) is 5.26 Å². The van der Waals surface area contributed by atoms with Crippen molar-refractivity contribution in [3.05, 3.63) is 47.5 Å². The van der Waals surface area contributed by atoms with Crippen LogP contribution in [-0.4, -0.2) is 20.7 Å². The van der Waals surface area contributed by atoms with Gasteiger partial charge in [0.1, 0.15) is 18.9 Å². The maximum atomic E-state index is 11.9. The number of amides is 1. The smallest absolute Gasteiger partial charge is 0.252 e. The van der Waals surface area contributed by atoms with Gasteiger partial charge in [-0.15, -0.1) is 5.10 Å². The average Bonchev–Trinajstić information content (AvgIpc) is 2.86. The summed E-state index contributed by atoms with van der Waals surface area (Å²) in [6.07, 6.45) is 1.37. The van der Waals surface area contributed by atoms with E-state index in [2.05, 4.69) is 15.4 Å². The van der Waals surface area contributed by atoms with Crippen LogP contribution in [0.15, 0.2) is 30.6 Å². The van der Waals surface area contributed by atoms with Gasteiger partial charge in [-0.2, -0.15) is 5.26 Å². The topological polar surface area (TPSA) is 83.6 Å². The van der Waals surface area contributed by atoms with E-state index in [9.17, 15) is 4.79 Å². The van der Waals surface area contributed by atoms with E-state index >= 15 is 0 Å². The highest BCUT2D eigenvalue weighted by atomic mass is 16.2. The number of carbonyl (C=O) groups excluding carboxylic acids is 1. The van der Waals surface area contributed by atoms with Crippen LogP contribution in [0.2, 0.25) is 0 Å². The Morgan fingerprint density at radius 3 is 2.90 bits per heavy atom. The van der Waals surface area contributed by atoms with Crippen molar-refractivity contribution in [3.63, 3.8) is 0 Å². The summed E-state index contributed by atoms with van der Waals surface area (Å²) in [6, 6.07) is 9.65. The first-order valence-electron chi connectivity index (χ1n) is 6.24. The molecular weight excluding hydrogens is 254 g/mol. The van der Waals surface area contributed by atoms with Crippen LogP contribution in [0.5, 0.6) is 0 Å². The Morgan fingerprint density at radius 1 is 1.50 bits per heavy atom. The third-order valence-electron chi connectivity index (χ3n) is 2.97. The maximum Gasteiger partial charge on any atom is 0.252 e. The van der Waals surface area contributed by atoms with Crippen LogP contribution in [0.25, 0.3) is 0 Å². The highest BCUT2D eigenvalue weighted by molar-refractivity contribution is 5.76. The highest BCUT2D eigenvalue weighted by Gasteiger charge is 2.12. The molecule has 20 heavy (non-hydrogen) atoms. The number of benzene rings is 1. The molecule has 0 radical (unpaired) electrons. The Kier molecular flexibility index (Phi) is 4.11. The van der Waals surface area contributed by atoms with Crippen molar-refractivity contribution in [2.45, 2.75) is 26.4 Å². The summed E-state index contributed by atoms with van der Waals surface area (Å²) in [5.41, 5.74) is 2.21. The monoisotopic (exact) mass is 269 g/mol. The predicted octanol–water partition coefficient (Wildman–Crippen LogP) is 1.34. The zero-order valence-electron chi connectivity index (χ0n) is 11.4. The number of hydrogen-bond donors (Lipinski definition) is 1. The number of nitriles is 1. The van der Waals surface area contributed by atoms with Gasteiger partial charge in [0.05, 0.1) is 6.04 Å². The van der Waals surface area contributed by atoms with Crippen LogP contribution < -0.4 is 5.32 Å². The summed E-state index contributed by atoms with van der Waals surface area (Å²) in [6.45, 7) is 3.99. The number of hydrogen-bond acceptors (Lipinski definition) is 4. The first-order valence-corrected chi connectivity index (χ1v) is 6.24. The molecule has 6 heteroatoms. The summed E-state index contributed by atoms with van der Waals surface area (Å²) < 4.78 is 1.35. The molecule has 1 heterocycles. The maximum absolute atomic E-state index is 11.9. The van der Waals surface area contributed by atoms with E-state index in [1.807, 2.05) is 44.2 Å². The molecule has 1 amide bonds. The summed E-state index contributed by atoms with van der Waals surface area (Å²) in [4.78, 5) is 15.7. The van der Waals surface area contributed by atoms with Crippen molar-refractivity contribution < 1.29 is 4.79 Å². The molecule has 0 aliphatic heterocycles. The minimum Gasteiger partial charge on any atom is -0.348 e. The van der Waals surface area contributed by atoms with Crippen molar-refractivity contribution in [1.29, 1.82) is 5.26 Å². The van der Waals surface area contributed by atoms with Gasteiger partial charge in [-0.05, 0) is 25.0 Å². The van der Waals surface area contributed by atoms with Gasteiger partial charge in [0.2, 0.25) is 5.91 Å². The first kappa shape index (κ1) is 13.7. The number of rotatable bonds is 4. The molecule has 0 spiro atoms. The second-order valence-electron chi connectivity index (χ2n) is 4.52. The Labute approximate surface area is 117 Å². The van der Waals surface area contributed by atoms with E-state index in [1.54, 1.807) is 0 Å². The van der Waals surface area contributed by atoms with Crippen LogP contribution in [-0.2, 0) is 11.3 Å². The van der Waals surface area contributed by atoms with E-state index < -0.39 is 0 Å². The number of aromatic nitrogens is 3. The van der Waals surface area contributed by atoms with Crippen LogP contribution in [0, 0.1) is 18.3 Å². The molecule has 0 bridgehead atoms. The molecule has 1 N–H and O–H groups in total. The van der Waals surface area contributed by atoms with E-state index in [0.717, 1.165) is 11.1 Å². The fourth-order valence-corrected chi connectivity index (χ4v) is 2.01. The average molecular weight is 269 g/mol. The molecule has 0 saturated heterocycles. The van der Waals surface area contributed by atoms with Gasteiger partial charge >= 0.3 is 0 Å². The van der Waals surface area contributed by atoms with Crippen LogP contribution in [0.3, 0.4) is 0 Å². The van der Waals surface area contributed by atoms with Crippen molar-refractivity contribution >= 4 is 5.91 Å². The number of carbonyl (C=O) groups is 1. The van der Waals surface area contributed by atoms with E-state index in [1.165, 1.54) is 11.0 Å². The van der Waals surface area contributed by atoms with Gasteiger partial charge in [0.25, 0.3) is 5.82 Å². The van der Waals surface area contributed by atoms with Crippen molar-refractivity contribution in [2.75, 3.05) is 0 Å². The Balaban J connectivity index is 1.98. The fraction of sp³-hybridized carbons (Fsp3) is 0.286. The van der Waals surface area contributed by atoms with Crippen LogP contribution in [0.4, 0.5) is 0 Å². The lowest BCUT2D eigenvalue weighted by molar-refractivity contribution is -0.122. The van der Waals surface area contributed by atoms with Gasteiger partial charge in [-0.1, -0.05) is 24.3 Å². The molecule has 1 aromatic carbocycles. The molecule has 1 atom stereocenters. The quantitative estimate of drug-likeness (QED) is 0.907. The van der Waals surface area contributed by atoms with E-state index in [-0.39, 0.29) is 24.3 Å². The zero-order chi connectivity index (χ0) is 14.5. The zero-order valence-corrected chi connectivity index (χ0v) is 11.4. The lowest BCUT2D eigenvalue weighted by Gasteiger charge is -2.16. The third kappa shape index (κ3) is 3.20. The minimum absolute atomic E-state index is 0.0465. The Bertz CT molecular complexity index is 656. The van der Waals surface area contributed by atoms with E-state index in [0.29, 0.717) is 0 Å². The SMILES string of the molecule is Cc1ccccc1C(C)NC(=O)Cn1cnc(C#N)n1. The van der Waals surface area contributed by atoms with Gasteiger partial charge in [-0.3, -0.25) is 4.79 Å². The Hall–Kier alpha value is -2.68. The molecule has 6 nitrogen and oxygen atoms in total. The summed E-state index contributed by atoms with van der Waals surface area (Å²) in [5, 5.41) is 15.4. The Morgan fingerprint density at radius 2 is 2.25 bits per heavy atom. The number of nitrogens with one attached hydrogen (secondary N) is 1. The molecule has 0 aliphatic rings. The molecule has 1 aromatic heterocycles. The molecule has 1 unspecified atom stereocenters. The van der Waals surface area contributed by atoms with Crippen molar-refractivity contribution in [1.82, 2.24) is 20.1 Å². The molecule has 102 valence electrons. The second kappa shape index (κ2) is 5.97. The van der Waals surface area contributed by atoms with Gasteiger partial charge in [0.15, 0.2) is 0 Å². The minimum atomic E-state index is -0.171. The molecular formula is C14H15N5O. The fourth-order valence-electron chi connectivity index (χ4n) is 2.01. The van der Waals surface area contributed by atoms with Crippen LogP contribution >= 0.6 is 0 Å². The van der Waals surface area contributed by atoms with Crippen molar-refractivity contribution in [2.24, 2.45) is 0 Å². The van der Waals surface area contributed by atoms with Gasteiger partial charge in [-0.25, -0.2) is 9.67 Å². The molecule has 2 aromatic rings. The molecule has 0 saturated carbocycles. The molecule has 0 fully saturated rings. The standard InChI is InChI=1S/C14H15N5O/c1-10-5-3-4-6-12(10)11(2)17-14(20)8-19-9-16-13(7-15)18-19/h3-6,9,11H,8H2,1-2H3,(H,17,20). The summed E-state index contributed by atoms with van der Waals surface area (Å²) in [7, 11) is 0. The van der Waals surface area contributed by atoms with Crippen molar-refractivity contribution in [3.8, 4) is 6.07 Å². The lowest BCUT2D eigenvalue weighted by atomic mass is 10.0. The second-order valence-corrected chi connectivity index (χ2v) is 4.52.